The lowest BCUT2D eigenvalue weighted by molar-refractivity contribution is 0.145. The molecule has 0 saturated carbocycles. The van der Waals surface area contributed by atoms with Crippen LogP contribution in [0.1, 0.15) is 20.8 Å². The predicted molar refractivity (Wildman–Crippen MR) is 64.9 cm³/mol. The van der Waals surface area contributed by atoms with Crippen molar-refractivity contribution < 1.29 is 18.8 Å². The highest BCUT2D eigenvalue weighted by Crippen LogP contribution is 2.14. The number of nitrogens with zero attached hydrogens (tertiary/aromatic N) is 1. The van der Waals surface area contributed by atoms with Gasteiger partial charge < -0.3 is 18.9 Å². The van der Waals surface area contributed by atoms with E-state index in [4.69, 9.17) is 14.0 Å². The van der Waals surface area contributed by atoms with Crippen molar-refractivity contribution in [1.82, 2.24) is 4.90 Å². The van der Waals surface area contributed by atoms with Crippen LogP contribution in [0.25, 0.3) is 0 Å². The van der Waals surface area contributed by atoms with Gasteiger partial charge in [-0.25, -0.2) is 4.79 Å². The van der Waals surface area contributed by atoms with Crippen molar-refractivity contribution in [2.75, 3.05) is 26.3 Å². The third kappa shape index (κ3) is 5.48. The summed E-state index contributed by atoms with van der Waals surface area (Å²) in [6.07, 6.45) is -0.883. The molecule has 0 bridgehead atoms. The average molecular weight is 249 g/mol. The van der Waals surface area contributed by atoms with E-state index in [9.17, 15) is 4.79 Å². The molecule has 0 rings (SSSR count). The molecule has 6 heteroatoms. The molecule has 96 valence electrons. The molecule has 0 aliphatic heterocycles. The Bertz CT molecular complexity index is 207. The SMILES string of the molecule is CCO[Si](C)(CCN(CC)C(=O)O)OCC. The first kappa shape index (κ1) is 15.4. The molecule has 0 saturated heterocycles. The van der Waals surface area contributed by atoms with Crippen molar-refractivity contribution in [3.8, 4) is 0 Å². The molecule has 1 N–H and O–H groups in total. The molecule has 0 aliphatic carbocycles. The lowest BCUT2D eigenvalue weighted by Crippen LogP contribution is -2.43. The van der Waals surface area contributed by atoms with E-state index in [1.807, 2.05) is 27.3 Å². The third-order valence-electron chi connectivity index (χ3n) is 2.39. The van der Waals surface area contributed by atoms with E-state index >= 15 is 0 Å². The summed E-state index contributed by atoms with van der Waals surface area (Å²) in [7, 11) is -2.18. The van der Waals surface area contributed by atoms with E-state index in [1.165, 1.54) is 4.90 Å². The van der Waals surface area contributed by atoms with E-state index in [0.717, 1.165) is 0 Å². The van der Waals surface area contributed by atoms with Crippen LogP contribution in [0.4, 0.5) is 4.79 Å². The minimum absolute atomic E-state index is 0.481. The normalized spacial score (nSPS) is 11.5. The minimum atomic E-state index is -2.18. The standard InChI is InChI=1S/C10H23NO4Si/c1-5-11(10(12)13)8-9-16(4,14-6-2)15-7-3/h5-9H2,1-4H3,(H,12,13). The zero-order valence-electron chi connectivity index (χ0n) is 10.7. The van der Waals surface area contributed by atoms with Gasteiger partial charge in [0.25, 0.3) is 0 Å². The summed E-state index contributed by atoms with van der Waals surface area (Å²) in [4.78, 5) is 12.2. The van der Waals surface area contributed by atoms with Gasteiger partial charge in [-0.2, -0.15) is 0 Å². The molecule has 0 heterocycles. The molecule has 0 radical (unpaired) electrons. The van der Waals surface area contributed by atoms with E-state index in [2.05, 4.69) is 0 Å². The highest BCUT2D eigenvalue weighted by molar-refractivity contribution is 6.66. The monoisotopic (exact) mass is 249 g/mol. The number of rotatable bonds is 8. The van der Waals surface area contributed by atoms with E-state index in [1.54, 1.807) is 0 Å². The van der Waals surface area contributed by atoms with Crippen molar-refractivity contribution in [3.05, 3.63) is 0 Å². The van der Waals surface area contributed by atoms with Crippen LogP contribution in [0.5, 0.6) is 0 Å². The maximum atomic E-state index is 10.8. The Hall–Kier alpha value is -0.593. The van der Waals surface area contributed by atoms with Gasteiger partial charge in [-0.3, -0.25) is 0 Å². The second kappa shape index (κ2) is 7.64. The summed E-state index contributed by atoms with van der Waals surface area (Å²) in [6, 6.07) is 0.675. The van der Waals surface area contributed by atoms with Crippen molar-refractivity contribution in [2.45, 2.75) is 33.4 Å². The lowest BCUT2D eigenvalue weighted by atomic mass is 10.5. The van der Waals surface area contributed by atoms with Gasteiger partial charge in [0, 0.05) is 32.3 Å². The van der Waals surface area contributed by atoms with Crippen LogP contribution in [-0.4, -0.2) is 51.0 Å². The number of amides is 1. The molecule has 1 amide bonds. The summed E-state index contributed by atoms with van der Waals surface area (Å²) in [5.74, 6) is 0. The fourth-order valence-electron chi connectivity index (χ4n) is 1.52. The van der Waals surface area contributed by atoms with Gasteiger partial charge in [0.2, 0.25) is 0 Å². The van der Waals surface area contributed by atoms with Crippen LogP contribution in [-0.2, 0) is 8.85 Å². The van der Waals surface area contributed by atoms with Gasteiger partial charge in [-0.15, -0.1) is 0 Å². The van der Waals surface area contributed by atoms with Crippen molar-refractivity contribution in [2.24, 2.45) is 0 Å². The molecule has 0 aromatic carbocycles. The Balaban J connectivity index is 4.23. The number of hydrogen-bond acceptors (Lipinski definition) is 3. The van der Waals surface area contributed by atoms with Crippen LogP contribution < -0.4 is 0 Å². The zero-order chi connectivity index (χ0) is 12.6. The third-order valence-corrected chi connectivity index (χ3v) is 5.32. The van der Waals surface area contributed by atoms with Crippen molar-refractivity contribution in [3.63, 3.8) is 0 Å². The topological polar surface area (TPSA) is 59.0 Å². The molecule has 0 atom stereocenters. The number of carbonyl (C=O) groups is 1. The maximum absolute atomic E-state index is 10.8. The van der Waals surface area contributed by atoms with E-state index in [-0.39, 0.29) is 0 Å². The Labute approximate surface area is 98.6 Å². The predicted octanol–water partition coefficient (Wildman–Crippen LogP) is 2.13. The molecular formula is C10H23NO4Si. The molecular weight excluding hydrogens is 226 g/mol. The largest absolute Gasteiger partial charge is 0.465 e. The number of hydrogen-bond donors (Lipinski definition) is 1. The fourth-order valence-corrected chi connectivity index (χ4v) is 3.79. The molecule has 0 unspecified atom stereocenters. The first-order valence-electron chi connectivity index (χ1n) is 5.74. The fraction of sp³-hybridized carbons (Fsp3) is 0.900. The molecule has 0 aliphatic rings. The summed E-state index contributed by atoms with van der Waals surface area (Å²) < 4.78 is 11.3. The minimum Gasteiger partial charge on any atom is -0.465 e. The number of carboxylic acid groups (broad SMARTS) is 1. The molecule has 0 spiro atoms. The first-order chi connectivity index (χ1) is 7.49. The average Bonchev–Trinajstić information content (AvgIpc) is 2.18. The maximum Gasteiger partial charge on any atom is 0.407 e. The summed E-state index contributed by atoms with van der Waals surface area (Å²) in [5, 5.41) is 8.89. The van der Waals surface area contributed by atoms with Crippen LogP contribution >= 0.6 is 0 Å². The second-order valence-corrected chi connectivity index (χ2v) is 6.96. The molecule has 0 aromatic heterocycles. The van der Waals surface area contributed by atoms with Crippen LogP contribution in [0, 0.1) is 0 Å². The highest BCUT2D eigenvalue weighted by atomic mass is 28.4. The van der Waals surface area contributed by atoms with Crippen molar-refractivity contribution >= 4 is 14.7 Å². The molecule has 0 fully saturated rings. The zero-order valence-corrected chi connectivity index (χ0v) is 11.7. The van der Waals surface area contributed by atoms with Gasteiger partial charge >= 0.3 is 14.7 Å². The van der Waals surface area contributed by atoms with Crippen molar-refractivity contribution in [1.29, 1.82) is 0 Å². The van der Waals surface area contributed by atoms with Crippen LogP contribution in [0.15, 0.2) is 0 Å². The first-order valence-corrected chi connectivity index (χ1v) is 8.27. The molecule has 5 nitrogen and oxygen atoms in total. The summed E-state index contributed by atoms with van der Waals surface area (Å²) in [5.41, 5.74) is 0. The Morgan fingerprint density at radius 2 is 1.75 bits per heavy atom. The van der Waals surface area contributed by atoms with Gasteiger partial charge in [-0.05, 0) is 27.3 Å². The van der Waals surface area contributed by atoms with Crippen LogP contribution in [0.3, 0.4) is 0 Å². The quantitative estimate of drug-likeness (QED) is 0.669. The Morgan fingerprint density at radius 1 is 1.25 bits per heavy atom. The van der Waals surface area contributed by atoms with E-state index in [0.29, 0.717) is 32.3 Å². The smallest absolute Gasteiger partial charge is 0.407 e. The van der Waals surface area contributed by atoms with Gasteiger partial charge in [0.1, 0.15) is 0 Å². The Kier molecular flexibility index (Phi) is 7.36. The molecule has 0 aromatic rings. The van der Waals surface area contributed by atoms with E-state index < -0.39 is 14.7 Å². The van der Waals surface area contributed by atoms with Gasteiger partial charge in [0.15, 0.2) is 0 Å². The second-order valence-electron chi connectivity index (χ2n) is 3.61. The lowest BCUT2D eigenvalue weighted by Gasteiger charge is -2.28. The highest BCUT2D eigenvalue weighted by Gasteiger charge is 2.31. The molecule has 16 heavy (non-hydrogen) atoms. The Morgan fingerprint density at radius 3 is 2.06 bits per heavy atom. The van der Waals surface area contributed by atoms with Gasteiger partial charge in [-0.1, -0.05) is 0 Å². The summed E-state index contributed by atoms with van der Waals surface area (Å²) in [6.45, 7) is 9.87. The summed E-state index contributed by atoms with van der Waals surface area (Å²) >= 11 is 0. The van der Waals surface area contributed by atoms with Gasteiger partial charge in [0.05, 0.1) is 0 Å². The van der Waals surface area contributed by atoms with Crippen LogP contribution in [0.2, 0.25) is 12.6 Å².